The van der Waals surface area contributed by atoms with Crippen LogP contribution in [-0.4, -0.2) is 31.6 Å². The standard InChI is InChI=1S/C17H24N2S2/c1-19-8-5-14(6-9-19)4-7-18-12-16-11-15(13-21-16)17-3-2-10-20-17/h2-3,10-11,13-14,18H,4-9,12H2,1H3. The van der Waals surface area contributed by atoms with Crippen LogP contribution in [0.5, 0.6) is 0 Å². The molecule has 0 amide bonds. The minimum atomic E-state index is 0.929. The van der Waals surface area contributed by atoms with E-state index in [1.165, 1.54) is 47.7 Å². The number of nitrogens with zero attached hydrogens (tertiary/aromatic N) is 1. The van der Waals surface area contributed by atoms with Gasteiger partial charge in [0.1, 0.15) is 0 Å². The molecule has 2 aromatic heterocycles. The third kappa shape index (κ3) is 4.39. The zero-order valence-electron chi connectivity index (χ0n) is 12.7. The van der Waals surface area contributed by atoms with Crippen molar-refractivity contribution in [2.45, 2.75) is 25.8 Å². The average molecular weight is 321 g/mol. The van der Waals surface area contributed by atoms with E-state index >= 15 is 0 Å². The van der Waals surface area contributed by atoms with E-state index in [4.69, 9.17) is 0 Å². The summed E-state index contributed by atoms with van der Waals surface area (Å²) in [6.45, 7) is 4.73. The number of hydrogen-bond acceptors (Lipinski definition) is 4. The molecule has 0 saturated carbocycles. The maximum absolute atomic E-state index is 3.62. The van der Waals surface area contributed by atoms with Crippen molar-refractivity contribution in [3.63, 3.8) is 0 Å². The molecule has 2 nitrogen and oxygen atoms in total. The van der Waals surface area contributed by atoms with Crippen LogP contribution in [0.1, 0.15) is 24.1 Å². The molecule has 3 rings (SSSR count). The molecule has 0 atom stereocenters. The molecule has 0 unspecified atom stereocenters. The highest BCUT2D eigenvalue weighted by atomic mass is 32.1. The quantitative estimate of drug-likeness (QED) is 0.798. The molecule has 4 heteroatoms. The lowest BCUT2D eigenvalue weighted by Crippen LogP contribution is -2.31. The zero-order valence-corrected chi connectivity index (χ0v) is 14.3. The molecule has 0 spiro atoms. The van der Waals surface area contributed by atoms with E-state index in [2.05, 4.69) is 46.2 Å². The summed E-state index contributed by atoms with van der Waals surface area (Å²) in [5.41, 5.74) is 1.38. The Morgan fingerprint density at radius 2 is 2.14 bits per heavy atom. The molecule has 0 bridgehead atoms. The fourth-order valence-electron chi connectivity index (χ4n) is 2.91. The fourth-order valence-corrected chi connectivity index (χ4v) is 4.56. The Morgan fingerprint density at radius 3 is 2.90 bits per heavy atom. The number of nitrogens with one attached hydrogen (secondary N) is 1. The zero-order chi connectivity index (χ0) is 14.5. The van der Waals surface area contributed by atoms with E-state index in [0.717, 1.165) is 19.0 Å². The van der Waals surface area contributed by atoms with Gasteiger partial charge in [0.25, 0.3) is 0 Å². The Morgan fingerprint density at radius 1 is 1.29 bits per heavy atom. The van der Waals surface area contributed by atoms with Crippen molar-refractivity contribution in [2.24, 2.45) is 5.92 Å². The molecule has 1 fully saturated rings. The summed E-state index contributed by atoms with van der Waals surface area (Å²) in [5, 5.41) is 8.04. The van der Waals surface area contributed by atoms with Gasteiger partial charge in [-0.3, -0.25) is 0 Å². The Hall–Kier alpha value is -0.680. The first kappa shape index (κ1) is 15.2. The molecule has 0 aliphatic carbocycles. The van der Waals surface area contributed by atoms with Gasteiger partial charge >= 0.3 is 0 Å². The van der Waals surface area contributed by atoms with E-state index in [0.29, 0.717) is 0 Å². The first-order valence-electron chi connectivity index (χ1n) is 7.82. The lowest BCUT2D eigenvalue weighted by molar-refractivity contribution is 0.211. The Balaban J connectivity index is 1.38. The summed E-state index contributed by atoms with van der Waals surface area (Å²) < 4.78 is 0. The van der Waals surface area contributed by atoms with Gasteiger partial charge in [-0.25, -0.2) is 0 Å². The first-order valence-corrected chi connectivity index (χ1v) is 9.58. The van der Waals surface area contributed by atoms with Crippen molar-refractivity contribution in [3.05, 3.63) is 33.8 Å². The smallest absolute Gasteiger partial charge is 0.0351 e. The van der Waals surface area contributed by atoms with Crippen molar-refractivity contribution in [3.8, 4) is 10.4 Å². The second-order valence-corrected chi connectivity index (χ2v) is 7.93. The van der Waals surface area contributed by atoms with Crippen molar-refractivity contribution in [1.29, 1.82) is 0 Å². The highest BCUT2D eigenvalue weighted by Gasteiger charge is 2.15. The van der Waals surface area contributed by atoms with Crippen LogP contribution in [0.15, 0.2) is 29.0 Å². The number of hydrogen-bond donors (Lipinski definition) is 1. The molecule has 1 aliphatic heterocycles. The normalized spacial score (nSPS) is 17.4. The highest BCUT2D eigenvalue weighted by Crippen LogP contribution is 2.29. The van der Waals surface area contributed by atoms with E-state index in [9.17, 15) is 0 Å². The fraction of sp³-hybridized carbons (Fsp3) is 0.529. The van der Waals surface area contributed by atoms with E-state index in [-0.39, 0.29) is 0 Å². The van der Waals surface area contributed by atoms with Gasteiger partial charge in [0.05, 0.1) is 0 Å². The van der Waals surface area contributed by atoms with Crippen LogP contribution in [0.25, 0.3) is 10.4 Å². The van der Waals surface area contributed by atoms with Gasteiger partial charge in [0.15, 0.2) is 0 Å². The third-order valence-electron chi connectivity index (χ3n) is 4.33. The molecule has 1 N–H and O–H groups in total. The minimum Gasteiger partial charge on any atom is -0.312 e. The predicted octanol–water partition coefficient (Wildman–Crippen LogP) is 4.30. The summed E-state index contributed by atoms with van der Waals surface area (Å²) in [6, 6.07) is 6.65. The summed E-state index contributed by atoms with van der Waals surface area (Å²) >= 11 is 3.69. The van der Waals surface area contributed by atoms with E-state index in [1.807, 2.05) is 22.7 Å². The van der Waals surface area contributed by atoms with Gasteiger partial charge in [0.2, 0.25) is 0 Å². The number of thiophene rings is 2. The number of likely N-dealkylation sites (tertiary alicyclic amines) is 1. The van der Waals surface area contributed by atoms with Crippen molar-refractivity contribution in [2.75, 3.05) is 26.7 Å². The average Bonchev–Trinajstić information content (AvgIpc) is 3.16. The van der Waals surface area contributed by atoms with Crippen LogP contribution in [0.3, 0.4) is 0 Å². The van der Waals surface area contributed by atoms with Crippen LogP contribution < -0.4 is 5.32 Å². The first-order chi connectivity index (χ1) is 10.3. The number of rotatable bonds is 6. The Kier molecular flexibility index (Phi) is 5.47. The van der Waals surface area contributed by atoms with Crippen LogP contribution >= 0.6 is 22.7 Å². The minimum absolute atomic E-state index is 0.929. The van der Waals surface area contributed by atoms with Crippen LogP contribution in [-0.2, 0) is 6.54 Å². The molecular formula is C17H24N2S2. The second-order valence-electron chi connectivity index (χ2n) is 5.99. The van der Waals surface area contributed by atoms with Crippen molar-refractivity contribution in [1.82, 2.24) is 10.2 Å². The molecule has 2 aromatic rings. The van der Waals surface area contributed by atoms with Crippen LogP contribution in [0.2, 0.25) is 0 Å². The van der Waals surface area contributed by atoms with Gasteiger partial charge in [-0.05, 0) is 74.8 Å². The van der Waals surface area contributed by atoms with Gasteiger partial charge < -0.3 is 10.2 Å². The largest absolute Gasteiger partial charge is 0.312 e. The maximum Gasteiger partial charge on any atom is 0.0351 e. The van der Waals surface area contributed by atoms with E-state index < -0.39 is 0 Å². The summed E-state index contributed by atoms with van der Waals surface area (Å²) in [7, 11) is 2.23. The lowest BCUT2D eigenvalue weighted by Gasteiger charge is -2.28. The van der Waals surface area contributed by atoms with Gasteiger partial charge in [0, 0.05) is 21.9 Å². The van der Waals surface area contributed by atoms with Crippen molar-refractivity contribution < 1.29 is 0 Å². The van der Waals surface area contributed by atoms with Crippen LogP contribution in [0.4, 0.5) is 0 Å². The molecular weight excluding hydrogens is 296 g/mol. The van der Waals surface area contributed by atoms with E-state index in [1.54, 1.807) is 0 Å². The molecule has 1 aliphatic rings. The molecule has 0 aromatic carbocycles. The monoisotopic (exact) mass is 320 g/mol. The summed E-state index contributed by atoms with van der Waals surface area (Å²) in [5.74, 6) is 0.929. The predicted molar refractivity (Wildman–Crippen MR) is 94.2 cm³/mol. The Labute approximate surface area is 135 Å². The maximum atomic E-state index is 3.62. The third-order valence-corrected chi connectivity index (χ3v) is 6.18. The molecule has 1 saturated heterocycles. The SMILES string of the molecule is CN1CCC(CCNCc2cc(-c3cccs3)cs2)CC1. The molecule has 21 heavy (non-hydrogen) atoms. The summed E-state index contributed by atoms with van der Waals surface area (Å²) in [4.78, 5) is 5.27. The molecule has 0 radical (unpaired) electrons. The Bertz CT molecular complexity index is 525. The highest BCUT2D eigenvalue weighted by molar-refractivity contribution is 7.14. The van der Waals surface area contributed by atoms with Gasteiger partial charge in [-0.1, -0.05) is 6.07 Å². The van der Waals surface area contributed by atoms with Gasteiger partial charge in [-0.2, -0.15) is 0 Å². The number of piperidine rings is 1. The lowest BCUT2D eigenvalue weighted by atomic mass is 9.94. The van der Waals surface area contributed by atoms with Crippen molar-refractivity contribution >= 4 is 22.7 Å². The van der Waals surface area contributed by atoms with Crippen LogP contribution in [0, 0.1) is 5.92 Å². The summed E-state index contributed by atoms with van der Waals surface area (Å²) in [6.07, 6.45) is 4.08. The van der Waals surface area contributed by atoms with Gasteiger partial charge in [-0.15, -0.1) is 22.7 Å². The second kappa shape index (κ2) is 7.54. The molecule has 3 heterocycles. The topological polar surface area (TPSA) is 15.3 Å². The molecule has 114 valence electrons.